The normalized spacial score (nSPS) is 13.4. The number of unbranched alkanes of at least 4 members (excludes halogenated alkanes) is 2. The summed E-state index contributed by atoms with van der Waals surface area (Å²) in [5.74, 6) is -0.180. The van der Waals surface area contributed by atoms with Crippen molar-refractivity contribution in [2.24, 2.45) is 4.99 Å². The van der Waals surface area contributed by atoms with Crippen molar-refractivity contribution in [1.82, 2.24) is 10.6 Å². The summed E-state index contributed by atoms with van der Waals surface area (Å²) in [5.41, 5.74) is 0. The Labute approximate surface area is 156 Å². The number of hydrogen-bond acceptors (Lipinski definition) is 5. The Morgan fingerprint density at radius 2 is 1.72 bits per heavy atom. The molecule has 0 aliphatic carbocycles. The van der Waals surface area contributed by atoms with Crippen molar-refractivity contribution in [2.75, 3.05) is 26.3 Å². The van der Waals surface area contributed by atoms with Crippen LogP contribution in [-0.4, -0.2) is 50.6 Å². The van der Waals surface area contributed by atoms with Gasteiger partial charge in [-0.3, -0.25) is 14.6 Å². The molecule has 0 aliphatic rings. The Morgan fingerprint density at radius 1 is 1.16 bits per heavy atom. The van der Waals surface area contributed by atoms with Crippen molar-refractivity contribution in [1.29, 1.82) is 0 Å². The van der Waals surface area contributed by atoms with Gasteiger partial charge in [-0.2, -0.15) is 0 Å². The van der Waals surface area contributed by atoms with Crippen molar-refractivity contribution in [3.63, 3.8) is 0 Å². The Kier molecular flexibility index (Phi) is 13.1. The summed E-state index contributed by atoms with van der Waals surface area (Å²) in [7, 11) is -1.22. The predicted octanol–water partition coefficient (Wildman–Crippen LogP) is 2.99. The fourth-order valence-corrected chi connectivity index (χ4v) is 2.58. The maximum absolute atomic E-state index is 11.9. The number of aliphatic imine (C=N–C) groups is 1. The molecule has 25 heavy (non-hydrogen) atoms. The largest absolute Gasteiger partial charge is 0.437 e. The lowest BCUT2D eigenvalue weighted by Gasteiger charge is -2.21. The van der Waals surface area contributed by atoms with E-state index in [0.717, 1.165) is 0 Å². The number of hydrogen-bond donors (Lipinski definition) is 2. The fourth-order valence-electron chi connectivity index (χ4n) is 1.76. The van der Waals surface area contributed by atoms with Gasteiger partial charge in [-0.25, -0.2) is 0 Å². The first kappa shape index (κ1) is 20.1. The summed E-state index contributed by atoms with van der Waals surface area (Å²) in [4.78, 5) is 27.7. The van der Waals surface area contributed by atoms with Gasteiger partial charge in [-0.05, 0) is 19.8 Å². The zero-order valence-electron chi connectivity index (χ0n) is 17.5. The number of nitrogens with one attached hydrogen (secondary N) is 2. The standard InChI is InChI=1S/C17H34N3O4P/c1-5-8-10-16(21)19-12-15(13-20-17(22)11-9-6-2)24-25(4)23-14-18-7-3/h14-15H,5-13H2,1-4H3,(H,19,21)(H,20,22)/i1D,2D. The molecule has 2 amide bonds. The van der Waals surface area contributed by atoms with Gasteiger partial charge in [0.2, 0.25) is 20.2 Å². The Balaban J connectivity index is 4.40. The van der Waals surface area contributed by atoms with Crippen LogP contribution in [0.4, 0.5) is 0 Å². The van der Waals surface area contributed by atoms with E-state index in [2.05, 4.69) is 15.6 Å². The van der Waals surface area contributed by atoms with E-state index in [1.165, 1.54) is 6.40 Å². The van der Waals surface area contributed by atoms with Crippen molar-refractivity contribution in [3.8, 4) is 0 Å². The molecule has 1 unspecified atom stereocenters. The summed E-state index contributed by atoms with van der Waals surface area (Å²) >= 11 is 0. The average molecular weight is 377 g/mol. The SMILES string of the molecule is [2H]CCCCC(=O)NCC(CNC(=O)CCCC[2H])OP(C)OC=NCC. The quantitative estimate of drug-likeness (QED) is 0.199. The molecule has 0 spiro atoms. The Bertz CT molecular complexity index is 405. The molecule has 2 N–H and O–H groups in total. The van der Waals surface area contributed by atoms with Crippen LogP contribution in [0.25, 0.3) is 0 Å². The molecule has 0 saturated heterocycles. The van der Waals surface area contributed by atoms with Gasteiger partial charge < -0.3 is 19.7 Å². The zero-order valence-corrected chi connectivity index (χ0v) is 16.4. The summed E-state index contributed by atoms with van der Waals surface area (Å²) < 4.78 is 25.4. The molecule has 0 aromatic carbocycles. The van der Waals surface area contributed by atoms with Gasteiger partial charge >= 0.3 is 0 Å². The molecule has 1 atom stereocenters. The van der Waals surface area contributed by atoms with Gasteiger partial charge in [0.05, 0.1) is 6.10 Å². The summed E-state index contributed by atoms with van der Waals surface area (Å²) in [6.07, 6.45) is 4.49. The molecule has 0 aliphatic heterocycles. The Morgan fingerprint density at radius 3 is 2.20 bits per heavy atom. The average Bonchev–Trinajstić information content (AvgIpc) is 2.64. The van der Waals surface area contributed by atoms with Crippen LogP contribution < -0.4 is 10.6 Å². The lowest BCUT2D eigenvalue weighted by molar-refractivity contribution is -0.121. The van der Waals surface area contributed by atoms with Gasteiger partial charge in [0.1, 0.15) is 0 Å². The second kappa shape index (κ2) is 16.3. The number of carbonyl (C=O) groups excluding carboxylic acids is 2. The van der Waals surface area contributed by atoms with Crippen molar-refractivity contribution < 1.29 is 21.4 Å². The van der Waals surface area contributed by atoms with Gasteiger partial charge in [-0.15, -0.1) is 0 Å². The van der Waals surface area contributed by atoms with E-state index in [9.17, 15) is 9.59 Å². The lowest BCUT2D eigenvalue weighted by Crippen LogP contribution is -2.40. The van der Waals surface area contributed by atoms with E-state index in [1.807, 2.05) is 6.92 Å². The molecule has 0 fully saturated rings. The van der Waals surface area contributed by atoms with E-state index in [1.54, 1.807) is 6.66 Å². The minimum Gasteiger partial charge on any atom is -0.437 e. The predicted molar refractivity (Wildman–Crippen MR) is 103 cm³/mol. The van der Waals surface area contributed by atoms with Crippen LogP contribution in [0.3, 0.4) is 0 Å². The first-order valence-corrected chi connectivity index (χ1v) is 10.3. The highest BCUT2D eigenvalue weighted by molar-refractivity contribution is 7.46. The molecular weight excluding hydrogens is 341 g/mol. The van der Waals surface area contributed by atoms with E-state index in [0.29, 0.717) is 58.9 Å². The minimum atomic E-state index is -1.22. The molecular formula is C17H34N3O4P. The minimum absolute atomic E-state index is 0.0901. The molecule has 0 rings (SSSR count). The van der Waals surface area contributed by atoms with Crippen LogP contribution in [-0.2, 0) is 18.6 Å². The van der Waals surface area contributed by atoms with Gasteiger partial charge in [0, 0.05) is 41.9 Å². The van der Waals surface area contributed by atoms with E-state index >= 15 is 0 Å². The fraction of sp³-hybridized carbons (Fsp3) is 0.824. The molecule has 8 heteroatoms. The first-order valence-electron chi connectivity index (χ1n) is 10.1. The molecule has 7 nitrogen and oxygen atoms in total. The summed E-state index contributed by atoms with van der Waals surface area (Å²) in [6.45, 7) is 5.49. The van der Waals surface area contributed by atoms with Crippen LogP contribution in [0, 0.1) is 0 Å². The maximum Gasteiger partial charge on any atom is 0.228 e. The first-order chi connectivity index (χ1) is 13.0. The lowest BCUT2D eigenvalue weighted by atomic mass is 10.2. The van der Waals surface area contributed by atoms with Crippen LogP contribution in [0.2, 0.25) is 0 Å². The van der Waals surface area contributed by atoms with Crippen molar-refractivity contribution in [3.05, 3.63) is 0 Å². The topological polar surface area (TPSA) is 89.0 Å². The highest BCUT2D eigenvalue weighted by atomic mass is 31.2. The van der Waals surface area contributed by atoms with Gasteiger partial charge in [0.25, 0.3) is 0 Å². The smallest absolute Gasteiger partial charge is 0.228 e. The number of rotatable bonds is 15. The molecule has 0 bridgehead atoms. The summed E-state index contributed by atoms with van der Waals surface area (Å²) in [5, 5.41) is 5.62. The van der Waals surface area contributed by atoms with Crippen LogP contribution in [0.15, 0.2) is 4.99 Å². The summed E-state index contributed by atoms with van der Waals surface area (Å²) in [6, 6.07) is 0. The Hall–Kier alpha value is -1.20. The third-order valence-corrected chi connectivity index (χ3v) is 4.10. The van der Waals surface area contributed by atoms with Crippen LogP contribution in [0.5, 0.6) is 0 Å². The highest BCUT2D eigenvalue weighted by Gasteiger charge is 2.17. The molecule has 0 aromatic rings. The third kappa shape index (κ3) is 14.8. The maximum atomic E-state index is 11.9. The van der Waals surface area contributed by atoms with Crippen LogP contribution in [0.1, 0.15) is 62.0 Å². The number of carbonyl (C=O) groups is 2. The molecule has 0 heterocycles. The second-order valence-corrected chi connectivity index (χ2v) is 6.70. The van der Waals surface area contributed by atoms with E-state index < -0.39 is 14.5 Å². The molecule has 0 aromatic heterocycles. The molecule has 146 valence electrons. The molecule has 0 saturated carbocycles. The van der Waals surface area contributed by atoms with Gasteiger partial charge in [0.15, 0.2) is 6.40 Å². The van der Waals surface area contributed by atoms with Crippen molar-refractivity contribution in [2.45, 2.75) is 65.4 Å². The molecule has 0 radical (unpaired) electrons. The van der Waals surface area contributed by atoms with E-state index in [4.69, 9.17) is 11.8 Å². The third-order valence-electron chi connectivity index (χ3n) is 3.11. The monoisotopic (exact) mass is 377 g/mol. The number of nitrogens with zero attached hydrogens (tertiary/aromatic N) is 1. The highest BCUT2D eigenvalue weighted by Crippen LogP contribution is 2.33. The zero-order chi connectivity index (χ0) is 20.3. The van der Waals surface area contributed by atoms with Crippen LogP contribution >= 0.6 is 8.38 Å². The number of amides is 2. The van der Waals surface area contributed by atoms with Gasteiger partial charge in [-0.1, -0.05) is 26.6 Å². The van der Waals surface area contributed by atoms with Crippen molar-refractivity contribution >= 4 is 26.6 Å². The van der Waals surface area contributed by atoms with E-state index in [-0.39, 0.29) is 24.9 Å². The second-order valence-electron chi connectivity index (χ2n) is 5.40.